The van der Waals surface area contributed by atoms with Gasteiger partial charge in [0.15, 0.2) is 0 Å². The van der Waals surface area contributed by atoms with Crippen molar-refractivity contribution < 1.29 is 19.2 Å². The fourth-order valence-electron chi connectivity index (χ4n) is 2.51. The Labute approximate surface area is 112 Å². The number of aliphatic hydroxyl groups excluding tert-OH is 1. The monoisotopic (exact) mass is 268 g/mol. The Morgan fingerprint density at radius 2 is 2.32 bits per heavy atom. The van der Waals surface area contributed by atoms with Gasteiger partial charge >= 0.3 is 0 Å². The lowest BCUT2D eigenvalue weighted by atomic mass is 10.0. The van der Waals surface area contributed by atoms with Crippen LogP contribution < -0.4 is 5.32 Å². The Hall–Kier alpha value is -1.40. The SMILES string of the molecule is Cc1oncc1C(=O)NCC1(OCCO)CCCC1. The Kier molecular flexibility index (Phi) is 4.55. The van der Waals surface area contributed by atoms with Crippen molar-refractivity contribution in [1.82, 2.24) is 10.5 Å². The lowest BCUT2D eigenvalue weighted by molar-refractivity contribution is -0.0511. The van der Waals surface area contributed by atoms with Crippen molar-refractivity contribution in [2.45, 2.75) is 38.2 Å². The molecule has 0 bridgehead atoms. The van der Waals surface area contributed by atoms with Crippen LogP contribution in [-0.4, -0.2) is 41.5 Å². The number of carbonyl (C=O) groups is 1. The predicted octanol–water partition coefficient (Wildman–Crippen LogP) is 1.03. The summed E-state index contributed by atoms with van der Waals surface area (Å²) in [5, 5.41) is 15.3. The van der Waals surface area contributed by atoms with Crippen LogP contribution in [0.15, 0.2) is 10.7 Å². The lowest BCUT2D eigenvalue weighted by Crippen LogP contribution is -2.43. The Morgan fingerprint density at radius 3 is 2.89 bits per heavy atom. The molecule has 1 amide bonds. The van der Waals surface area contributed by atoms with Crippen molar-refractivity contribution in [3.63, 3.8) is 0 Å². The highest BCUT2D eigenvalue weighted by Crippen LogP contribution is 2.32. The highest BCUT2D eigenvalue weighted by atomic mass is 16.5. The second kappa shape index (κ2) is 6.16. The first kappa shape index (κ1) is 14.0. The number of nitrogens with one attached hydrogen (secondary N) is 1. The summed E-state index contributed by atoms with van der Waals surface area (Å²) < 4.78 is 10.6. The van der Waals surface area contributed by atoms with Gasteiger partial charge in [-0.15, -0.1) is 0 Å². The van der Waals surface area contributed by atoms with Crippen LogP contribution in [0.5, 0.6) is 0 Å². The zero-order valence-electron chi connectivity index (χ0n) is 11.1. The standard InChI is InChI=1S/C13H20N2O4/c1-10-11(8-15-19-10)12(17)14-9-13(18-7-6-16)4-2-3-5-13/h8,16H,2-7,9H2,1H3,(H,14,17). The average molecular weight is 268 g/mol. The van der Waals surface area contributed by atoms with Crippen LogP contribution in [0.3, 0.4) is 0 Å². The van der Waals surface area contributed by atoms with Crippen LogP contribution in [0.25, 0.3) is 0 Å². The summed E-state index contributed by atoms with van der Waals surface area (Å²) in [5.41, 5.74) is 0.124. The Morgan fingerprint density at radius 1 is 1.58 bits per heavy atom. The third kappa shape index (κ3) is 3.33. The van der Waals surface area contributed by atoms with E-state index in [-0.39, 0.29) is 18.1 Å². The molecule has 1 aliphatic rings. The van der Waals surface area contributed by atoms with Crippen molar-refractivity contribution in [3.05, 3.63) is 17.5 Å². The molecule has 0 radical (unpaired) electrons. The van der Waals surface area contributed by atoms with Crippen LogP contribution in [-0.2, 0) is 4.74 Å². The molecule has 1 aromatic heterocycles. The number of hydrogen-bond acceptors (Lipinski definition) is 5. The summed E-state index contributed by atoms with van der Waals surface area (Å²) in [6, 6.07) is 0. The molecule has 1 fully saturated rings. The zero-order chi connectivity index (χ0) is 13.7. The minimum Gasteiger partial charge on any atom is -0.394 e. The quantitative estimate of drug-likeness (QED) is 0.805. The van der Waals surface area contributed by atoms with Crippen LogP contribution in [0.1, 0.15) is 41.8 Å². The number of nitrogens with zero attached hydrogens (tertiary/aromatic N) is 1. The molecule has 0 aromatic carbocycles. The minimum absolute atomic E-state index is 0.000452. The van der Waals surface area contributed by atoms with Crippen molar-refractivity contribution in [2.24, 2.45) is 0 Å². The third-order valence-electron chi connectivity index (χ3n) is 3.58. The van der Waals surface area contributed by atoms with E-state index in [0.29, 0.717) is 24.5 Å². The fraction of sp³-hybridized carbons (Fsp3) is 0.692. The maximum Gasteiger partial charge on any atom is 0.256 e. The molecule has 6 nitrogen and oxygen atoms in total. The maximum absolute atomic E-state index is 12.0. The highest BCUT2D eigenvalue weighted by Gasteiger charge is 2.35. The molecule has 0 spiro atoms. The molecule has 0 aliphatic heterocycles. The van der Waals surface area contributed by atoms with Crippen molar-refractivity contribution in [1.29, 1.82) is 0 Å². The van der Waals surface area contributed by atoms with Gasteiger partial charge in [0.2, 0.25) is 0 Å². The Bertz CT molecular complexity index is 424. The van der Waals surface area contributed by atoms with E-state index in [2.05, 4.69) is 10.5 Å². The predicted molar refractivity (Wildman–Crippen MR) is 67.8 cm³/mol. The van der Waals surface area contributed by atoms with E-state index in [1.807, 2.05) is 0 Å². The van der Waals surface area contributed by atoms with Crippen LogP contribution in [0, 0.1) is 6.92 Å². The first-order valence-corrected chi connectivity index (χ1v) is 6.61. The van der Waals surface area contributed by atoms with E-state index in [1.165, 1.54) is 6.20 Å². The average Bonchev–Trinajstić information content (AvgIpc) is 3.03. The summed E-state index contributed by atoms with van der Waals surface area (Å²) in [5.74, 6) is 0.312. The number of amides is 1. The normalized spacial score (nSPS) is 17.6. The van der Waals surface area contributed by atoms with Crippen molar-refractivity contribution in [2.75, 3.05) is 19.8 Å². The highest BCUT2D eigenvalue weighted by molar-refractivity contribution is 5.94. The minimum atomic E-state index is -0.330. The molecule has 6 heteroatoms. The molecule has 1 saturated carbocycles. The second-order valence-electron chi connectivity index (χ2n) is 4.94. The van der Waals surface area contributed by atoms with E-state index in [4.69, 9.17) is 14.4 Å². The van der Waals surface area contributed by atoms with Gasteiger partial charge in [0.25, 0.3) is 5.91 Å². The van der Waals surface area contributed by atoms with E-state index in [0.717, 1.165) is 25.7 Å². The van der Waals surface area contributed by atoms with Gasteiger partial charge < -0.3 is 19.7 Å². The van der Waals surface area contributed by atoms with Gasteiger partial charge in [-0.25, -0.2) is 0 Å². The number of aliphatic hydroxyl groups is 1. The van der Waals surface area contributed by atoms with Gasteiger partial charge in [-0.3, -0.25) is 4.79 Å². The summed E-state index contributed by atoms with van der Waals surface area (Å²) in [7, 11) is 0. The first-order valence-electron chi connectivity index (χ1n) is 6.61. The second-order valence-corrected chi connectivity index (χ2v) is 4.94. The number of aryl methyl sites for hydroxylation is 1. The number of ether oxygens (including phenoxy) is 1. The molecule has 0 atom stereocenters. The molecule has 1 aromatic rings. The molecular weight excluding hydrogens is 248 g/mol. The van der Waals surface area contributed by atoms with E-state index >= 15 is 0 Å². The molecule has 106 valence electrons. The summed E-state index contributed by atoms with van der Waals surface area (Å²) >= 11 is 0. The zero-order valence-corrected chi connectivity index (χ0v) is 11.1. The summed E-state index contributed by atoms with van der Waals surface area (Å²) in [6.45, 7) is 2.47. The van der Waals surface area contributed by atoms with E-state index in [9.17, 15) is 4.79 Å². The van der Waals surface area contributed by atoms with E-state index < -0.39 is 0 Å². The van der Waals surface area contributed by atoms with Crippen molar-refractivity contribution >= 4 is 5.91 Å². The van der Waals surface area contributed by atoms with Gasteiger partial charge in [0.05, 0.1) is 25.0 Å². The molecule has 1 aliphatic carbocycles. The van der Waals surface area contributed by atoms with Crippen LogP contribution >= 0.6 is 0 Å². The molecule has 0 saturated heterocycles. The molecular formula is C13H20N2O4. The van der Waals surface area contributed by atoms with Crippen LogP contribution in [0.2, 0.25) is 0 Å². The number of aromatic nitrogens is 1. The molecule has 2 N–H and O–H groups in total. The number of hydrogen-bond donors (Lipinski definition) is 2. The summed E-state index contributed by atoms with van der Waals surface area (Å²) in [6.07, 6.45) is 5.42. The summed E-state index contributed by atoms with van der Waals surface area (Å²) in [4.78, 5) is 12.0. The number of rotatable bonds is 6. The van der Waals surface area contributed by atoms with Gasteiger partial charge in [-0.1, -0.05) is 18.0 Å². The number of carbonyl (C=O) groups excluding carboxylic acids is 1. The Balaban J connectivity index is 1.92. The molecule has 2 rings (SSSR count). The van der Waals surface area contributed by atoms with Gasteiger partial charge in [0, 0.05) is 6.54 Å². The maximum atomic E-state index is 12.0. The smallest absolute Gasteiger partial charge is 0.256 e. The van der Waals surface area contributed by atoms with E-state index in [1.54, 1.807) is 6.92 Å². The van der Waals surface area contributed by atoms with Crippen molar-refractivity contribution in [3.8, 4) is 0 Å². The first-order chi connectivity index (χ1) is 9.17. The largest absolute Gasteiger partial charge is 0.394 e. The topological polar surface area (TPSA) is 84.6 Å². The molecule has 19 heavy (non-hydrogen) atoms. The lowest BCUT2D eigenvalue weighted by Gasteiger charge is -2.29. The third-order valence-corrected chi connectivity index (χ3v) is 3.58. The molecule has 0 unspecified atom stereocenters. The van der Waals surface area contributed by atoms with Gasteiger partial charge in [0.1, 0.15) is 11.3 Å². The molecule has 1 heterocycles. The fourth-order valence-corrected chi connectivity index (χ4v) is 2.51. The van der Waals surface area contributed by atoms with Gasteiger partial charge in [-0.05, 0) is 19.8 Å². The van der Waals surface area contributed by atoms with Gasteiger partial charge in [-0.2, -0.15) is 0 Å². The van der Waals surface area contributed by atoms with Crippen LogP contribution in [0.4, 0.5) is 0 Å².